The Bertz CT molecular complexity index is 1470. The van der Waals surface area contributed by atoms with Gasteiger partial charge in [-0.3, -0.25) is 9.59 Å². The summed E-state index contributed by atoms with van der Waals surface area (Å²) in [6, 6.07) is 9.82. The quantitative estimate of drug-likeness (QED) is 0.435. The van der Waals surface area contributed by atoms with E-state index in [4.69, 9.17) is 0 Å². The number of anilines is 2. The van der Waals surface area contributed by atoms with Gasteiger partial charge in [0.15, 0.2) is 0 Å². The predicted molar refractivity (Wildman–Crippen MR) is 165 cm³/mol. The molecule has 2 amide bonds. The van der Waals surface area contributed by atoms with E-state index in [-0.39, 0.29) is 30.1 Å². The summed E-state index contributed by atoms with van der Waals surface area (Å²) in [5, 5.41) is 18.5. The number of nitriles is 1. The van der Waals surface area contributed by atoms with Gasteiger partial charge in [0.25, 0.3) is 5.91 Å². The van der Waals surface area contributed by atoms with Gasteiger partial charge in [0.1, 0.15) is 12.0 Å². The molecule has 45 heavy (non-hydrogen) atoms. The zero-order chi connectivity index (χ0) is 31.8. The largest absolute Gasteiger partial charge is 0.416 e. The number of hydrogen-bond acceptors (Lipinski definition) is 9. The average Bonchev–Trinajstić information content (AvgIpc) is 3.41. The summed E-state index contributed by atoms with van der Waals surface area (Å²) in [5.41, 5.74) is 4.47. The SMILES string of the molecule is Cc1cc(NC2NN(C3(CC#N)CCN(c4cc(C(F)(F)F)ccn4)CC3)C3CCNC(=O)C23)ccc1C(=O)N1CCSCC1. The van der Waals surface area contributed by atoms with E-state index in [1.54, 1.807) is 0 Å². The van der Waals surface area contributed by atoms with Crippen molar-refractivity contribution in [1.29, 1.82) is 5.26 Å². The number of alkyl halides is 3. The van der Waals surface area contributed by atoms with Crippen molar-refractivity contribution in [3.05, 3.63) is 53.2 Å². The topological polar surface area (TPSA) is 117 Å². The highest BCUT2D eigenvalue weighted by molar-refractivity contribution is 7.99. The third-order valence-corrected chi connectivity index (χ3v) is 10.5. The van der Waals surface area contributed by atoms with Crippen LogP contribution in [0, 0.1) is 24.2 Å². The van der Waals surface area contributed by atoms with Crippen LogP contribution in [-0.4, -0.2) is 88.7 Å². The van der Waals surface area contributed by atoms with Gasteiger partial charge < -0.3 is 20.4 Å². The van der Waals surface area contributed by atoms with Crippen LogP contribution >= 0.6 is 11.8 Å². The Morgan fingerprint density at radius 2 is 1.93 bits per heavy atom. The first-order chi connectivity index (χ1) is 21.6. The monoisotopic (exact) mass is 642 g/mol. The van der Waals surface area contributed by atoms with Crippen LogP contribution in [0.2, 0.25) is 0 Å². The Hall–Kier alpha value is -3.54. The molecule has 4 saturated heterocycles. The fraction of sp³-hybridized carbons (Fsp3) is 0.548. The van der Waals surface area contributed by atoms with E-state index in [1.807, 2.05) is 46.7 Å². The number of amides is 2. The molecule has 10 nitrogen and oxygen atoms in total. The van der Waals surface area contributed by atoms with Crippen molar-refractivity contribution >= 4 is 35.1 Å². The second-order valence-corrected chi connectivity index (χ2v) is 13.4. The maximum atomic E-state index is 13.3. The number of piperidine rings is 2. The third-order valence-electron chi connectivity index (χ3n) is 9.51. The molecule has 0 aliphatic carbocycles. The number of carbonyl (C=O) groups excluding carboxylic acids is 2. The number of thioether (sulfide) groups is 1. The molecule has 1 aromatic carbocycles. The lowest BCUT2D eigenvalue weighted by atomic mass is 9.81. The van der Waals surface area contributed by atoms with Crippen molar-refractivity contribution in [3.8, 4) is 6.07 Å². The van der Waals surface area contributed by atoms with E-state index in [0.29, 0.717) is 44.5 Å². The van der Waals surface area contributed by atoms with Crippen LogP contribution in [-0.2, 0) is 11.0 Å². The number of aromatic nitrogens is 1. The van der Waals surface area contributed by atoms with Crippen molar-refractivity contribution in [2.24, 2.45) is 5.92 Å². The first-order valence-corrected chi connectivity index (χ1v) is 16.5. The second-order valence-electron chi connectivity index (χ2n) is 12.2. The van der Waals surface area contributed by atoms with Crippen molar-refractivity contribution in [2.45, 2.75) is 56.5 Å². The van der Waals surface area contributed by atoms with Gasteiger partial charge in [-0.15, -0.1) is 0 Å². The van der Waals surface area contributed by atoms with Gasteiger partial charge in [0.05, 0.1) is 29.5 Å². The van der Waals surface area contributed by atoms with E-state index in [2.05, 4.69) is 32.1 Å². The van der Waals surface area contributed by atoms with Crippen LogP contribution in [0.15, 0.2) is 36.5 Å². The number of nitrogens with zero attached hydrogens (tertiary/aromatic N) is 5. The van der Waals surface area contributed by atoms with E-state index in [9.17, 15) is 28.0 Å². The Morgan fingerprint density at radius 1 is 1.18 bits per heavy atom. The zero-order valence-corrected chi connectivity index (χ0v) is 25.9. The predicted octanol–water partition coefficient (Wildman–Crippen LogP) is 3.61. The highest BCUT2D eigenvalue weighted by Crippen LogP contribution is 2.41. The van der Waals surface area contributed by atoms with E-state index in [0.717, 1.165) is 48.0 Å². The van der Waals surface area contributed by atoms with Gasteiger partial charge in [-0.05, 0) is 62.1 Å². The molecule has 240 valence electrons. The van der Waals surface area contributed by atoms with Crippen molar-refractivity contribution in [3.63, 3.8) is 0 Å². The smallest absolute Gasteiger partial charge is 0.368 e. The normalized spacial score (nSPS) is 25.3. The molecule has 0 radical (unpaired) electrons. The van der Waals surface area contributed by atoms with Gasteiger partial charge in [0, 0.05) is 67.7 Å². The van der Waals surface area contributed by atoms with Crippen LogP contribution in [0.5, 0.6) is 0 Å². The molecule has 1 aromatic heterocycles. The lowest BCUT2D eigenvalue weighted by molar-refractivity contribution is -0.137. The molecule has 0 saturated carbocycles. The number of fused-ring (bicyclic) bond motifs is 1. The third kappa shape index (κ3) is 6.30. The van der Waals surface area contributed by atoms with Crippen molar-refractivity contribution in [1.82, 2.24) is 25.6 Å². The lowest BCUT2D eigenvalue weighted by Gasteiger charge is -2.49. The number of carbonyl (C=O) groups is 2. The number of halogens is 3. The minimum atomic E-state index is -4.46. The molecule has 3 atom stereocenters. The van der Waals surface area contributed by atoms with E-state index in [1.165, 1.54) is 6.20 Å². The van der Waals surface area contributed by atoms with Crippen molar-refractivity contribution in [2.75, 3.05) is 54.4 Å². The molecule has 2 aromatic rings. The van der Waals surface area contributed by atoms with E-state index >= 15 is 0 Å². The molecular formula is C31H37F3N8O2S. The molecule has 4 fully saturated rings. The Morgan fingerprint density at radius 3 is 2.62 bits per heavy atom. The molecule has 14 heteroatoms. The van der Waals surface area contributed by atoms with E-state index < -0.39 is 29.4 Å². The van der Waals surface area contributed by atoms with Crippen LogP contribution in [0.25, 0.3) is 0 Å². The van der Waals surface area contributed by atoms with Crippen LogP contribution in [0.4, 0.5) is 24.7 Å². The fourth-order valence-corrected chi connectivity index (χ4v) is 8.00. The maximum absolute atomic E-state index is 13.3. The summed E-state index contributed by atoms with van der Waals surface area (Å²) in [6.07, 6.45) is -1.84. The average molecular weight is 643 g/mol. The summed E-state index contributed by atoms with van der Waals surface area (Å²) in [4.78, 5) is 34.3. The Balaban J connectivity index is 1.20. The molecule has 4 aliphatic heterocycles. The molecule has 0 spiro atoms. The highest BCUT2D eigenvalue weighted by Gasteiger charge is 2.55. The summed E-state index contributed by atoms with van der Waals surface area (Å²) in [6.45, 7) is 4.74. The number of pyridine rings is 1. The highest BCUT2D eigenvalue weighted by atomic mass is 32.2. The summed E-state index contributed by atoms with van der Waals surface area (Å²) in [7, 11) is 0. The summed E-state index contributed by atoms with van der Waals surface area (Å²) >= 11 is 1.85. The maximum Gasteiger partial charge on any atom is 0.416 e. The van der Waals surface area contributed by atoms with Gasteiger partial charge in [-0.25, -0.2) is 15.4 Å². The Labute approximate surface area is 264 Å². The molecule has 5 heterocycles. The number of hydrogen-bond donors (Lipinski definition) is 3. The second kappa shape index (κ2) is 12.7. The number of benzene rings is 1. The van der Waals surface area contributed by atoms with Crippen LogP contribution < -0.4 is 21.0 Å². The molecule has 3 unspecified atom stereocenters. The van der Waals surface area contributed by atoms with Crippen LogP contribution in [0.1, 0.15) is 47.2 Å². The fourth-order valence-electron chi connectivity index (χ4n) is 7.09. The number of aryl methyl sites for hydroxylation is 1. The molecule has 0 bridgehead atoms. The number of rotatable bonds is 6. The number of nitrogens with one attached hydrogen (secondary N) is 3. The molecular weight excluding hydrogens is 605 g/mol. The molecule has 3 N–H and O–H groups in total. The van der Waals surface area contributed by atoms with Crippen molar-refractivity contribution < 1.29 is 22.8 Å². The van der Waals surface area contributed by atoms with Gasteiger partial charge in [-0.2, -0.15) is 30.2 Å². The number of hydrazine groups is 1. The van der Waals surface area contributed by atoms with Gasteiger partial charge in [0.2, 0.25) is 5.91 Å². The summed E-state index contributed by atoms with van der Waals surface area (Å²) in [5.74, 6) is 1.64. The van der Waals surface area contributed by atoms with Crippen LogP contribution in [0.3, 0.4) is 0 Å². The Kier molecular flexibility index (Phi) is 8.87. The standard InChI is InChI=1S/C31H37F3N8O2S/c1-20-18-22(2-3-23(20)29(44)41-14-16-45-17-15-41)38-27-26-24(5-11-37-28(26)43)42(39-27)30(6-9-35)7-12-40(13-8-30)25-19-21(4-10-36-25)31(32,33)34/h2-4,10,18-19,24,26-27,38-39H,5-8,11-17H2,1H3,(H,37,43). The molecule has 4 aliphatic rings. The van der Waals surface area contributed by atoms with Gasteiger partial charge in [-0.1, -0.05) is 0 Å². The minimum absolute atomic E-state index is 0.0290. The molecule has 6 rings (SSSR count). The van der Waals surface area contributed by atoms with Gasteiger partial charge >= 0.3 is 6.18 Å². The minimum Gasteiger partial charge on any atom is -0.368 e. The lowest BCUT2D eigenvalue weighted by Crippen LogP contribution is -2.62. The summed E-state index contributed by atoms with van der Waals surface area (Å²) < 4.78 is 40.0. The first kappa shape index (κ1) is 31.4. The zero-order valence-electron chi connectivity index (χ0n) is 25.1. The first-order valence-electron chi connectivity index (χ1n) is 15.3.